The van der Waals surface area contributed by atoms with Crippen LogP contribution < -0.4 is 5.32 Å². The minimum absolute atomic E-state index is 0.120. The molecule has 0 aliphatic carbocycles. The van der Waals surface area contributed by atoms with Gasteiger partial charge in [0, 0.05) is 11.9 Å². The molecule has 1 amide bonds. The molecule has 142 valence electrons. The van der Waals surface area contributed by atoms with Crippen molar-refractivity contribution in [3.8, 4) is 0 Å². The SMILES string of the molecule is COC(=O)[C@@H](NC(=O)c1nn(CCCC(C)F)c2ccccc12)C(C)C. The number of methoxy groups -OCH3 is 1. The number of hydrogen-bond donors (Lipinski definition) is 1. The normalized spacial score (nSPS) is 13.6. The lowest BCUT2D eigenvalue weighted by Gasteiger charge is -2.19. The van der Waals surface area contributed by atoms with Gasteiger partial charge in [-0.15, -0.1) is 0 Å². The second kappa shape index (κ2) is 8.78. The zero-order chi connectivity index (χ0) is 19.3. The molecule has 7 heteroatoms. The van der Waals surface area contributed by atoms with Gasteiger partial charge in [-0.25, -0.2) is 9.18 Å². The fourth-order valence-electron chi connectivity index (χ4n) is 2.82. The molecule has 0 aliphatic rings. The van der Waals surface area contributed by atoms with Crippen molar-refractivity contribution in [2.45, 2.75) is 52.4 Å². The molecule has 6 nitrogen and oxygen atoms in total. The van der Waals surface area contributed by atoms with E-state index in [4.69, 9.17) is 4.74 Å². The van der Waals surface area contributed by atoms with Crippen molar-refractivity contribution >= 4 is 22.8 Å². The Bertz CT molecular complexity index is 770. The van der Waals surface area contributed by atoms with Gasteiger partial charge >= 0.3 is 5.97 Å². The highest BCUT2D eigenvalue weighted by Crippen LogP contribution is 2.20. The van der Waals surface area contributed by atoms with Gasteiger partial charge in [-0.3, -0.25) is 9.48 Å². The summed E-state index contributed by atoms with van der Waals surface area (Å²) < 4.78 is 19.5. The van der Waals surface area contributed by atoms with E-state index in [-0.39, 0.29) is 11.6 Å². The van der Waals surface area contributed by atoms with Crippen LogP contribution in [0.15, 0.2) is 24.3 Å². The van der Waals surface area contributed by atoms with Gasteiger partial charge < -0.3 is 10.1 Å². The number of rotatable bonds is 8. The van der Waals surface area contributed by atoms with Crippen LogP contribution in [-0.4, -0.2) is 41.0 Å². The molecule has 0 bridgehead atoms. The zero-order valence-corrected chi connectivity index (χ0v) is 15.7. The summed E-state index contributed by atoms with van der Waals surface area (Å²) in [5, 5.41) is 7.83. The molecule has 1 heterocycles. The van der Waals surface area contributed by atoms with Gasteiger partial charge in [0.1, 0.15) is 6.04 Å². The topological polar surface area (TPSA) is 73.2 Å². The van der Waals surface area contributed by atoms with Crippen LogP contribution in [0.5, 0.6) is 0 Å². The van der Waals surface area contributed by atoms with Crippen LogP contribution in [0.1, 0.15) is 44.1 Å². The van der Waals surface area contributed by atoms with Crippen molar-refractivity contribution in [2.75, 3.05) is 7.11 Å². The van der Waals surface area contributed by atoms with Crippen LogP contribution in [0.2, 0.25) is 0 Å². The van der Waals surface area contributed by atoms with E-state index in [0.29, 0.717) is 24.8 Å². The Morgan fingerprint density at radius 3 is 2.58 bits per heavy atom. The third-order valence-electron chi connectivity index (χ3n) is 4.25. The van der Waals surface area contributed by atoms with Gasteiger partial charge in [0.25, 0.3) is 5.91 Å². The number of nitrogens with zero attached hydrogens (tertiary/aromatic N) is 2. The van der Waals surface area contributed by atoms with E-state index in [1.54, 1.807) is 4.68 Å². The smallest absolute Gasteiger partial charge is 0.328 e. The minimum Gasteiger partial charge on any atom is -0.467 e. The van der Waals surface area contributed by atoms with Crippen molar-refractivity contribution in [1.82, 2.24) is 15.1 Å². The van der Waals surface area contributed by atoms with E-state index < -0.39 is 24.1 Å². The summed E-state index contributed by atoms with van der Waals surface area (Å²) >= 11 is 0. The molecule has 1 aromatic carbocycles. The maximum atomic E-state index is 13.0. The van der Waals surface area contributed by atoms with Crippen LogP contribution in [0, 0.1) is 5.92 Å². The molecular formula is C19H26FN3O3. The average Bonchev–Trinajstić information content (AvgIpc) is 2.97. The number of carbonyl (C=O) groups excluding carboxylic acids is 2. The number of fused-ring (bicyclic) bond motifs is 1. The number of para-hydroxylation sites is 1. The summed E-state index contributed by atoms with van der Waals surface area (Å²) in [6.07, 6.45) is 0.195. The van der Waals surface area contributed by atoms with E-state index in [2.05, 4.69) is 10.4 Å². The fourth-order valence-corrected chi connectivity index (χ4v) is 2.82. The average molecular weight is 363 g/mol. The number of halogens is 1. The molecule has 2 atom stereocenters. The number of esters is 1. The first-order chi connectivity index (χ1) is 12.3. The second-order valence-electron chi connectivity index (χ2n) is 6.73. The molecule has 26 heavy (non-hydrogen) atoms. The highest BCUT2D eigenvalue weighted by molar-refractivity contribution is 6.06. The van der Waals surface area contributed by atoms with Crippen molar-refractivity contribution < 1.29 is 18.7 Å². The first kappa shape index (κ1) is 19.9. The fraction of sp³-hybridized carbons (Fsp3) is 0.526. The van der Waals surface area contributed by atoms with Crippen LogP contribution >= 0.6 is 0 Å². The van der Waals surface area contributed by atoms with E-state index in [0.717, 1.165) is 5.52 Å². The van der Waals surface area contributed by atoms with Crippen LogP contribution in [0.3, 0.4) is 0 Å². The van der Waals surface area contributed by atoms with Gasteiger partial charge in [0.15, 0.2) is 5.69 Å². The number of nitrogens with one attached hydrogen (secondary N) is 1. The van der Waals surface area contributed by atoms with Crippen LogP contribution in [0.4, 0.5) is 4.39 Å². The molecule has 0 saturated heterocycles. The van der Waals surface area contributed by atoms with Crippen molar-refractivity contribution in [3.63, 3.8) is 0 Å². The molecule has 1 aromatic heterocycles. The van der Waals surface area contributed by atoms with Gasteiger partial charge in [-0.2, -0.15) is 5.10 Å². The summed E-state index contributed by atoms with van der Waals surface area (Å²) in [7, 11) is 1.29. The van der Waals surface area contributed by atoms with Crippen molar-refractivity contribution in [3.05, 3.63) is 30.0 Å². The van der Waals surface area contributed by atoms with Crippen molar-refractivity contribution in [1.29, 1.82) is 0 Å². The summed E-state index contributed by atoms with van der Waals surface area (Å²) in [5.41, 5.74) is 1.06. The molecule has 2 aromatic rings. The number of alkyl halides is 1. The molecule has 1 unspecified atom stereocenters. The number of ether oxygens (including phenoxy) is 1. The third-order valence-corrected chi connectivity index (χ3v) is 4.25. The summed E-state index contributed by atoms with van der Waals surface area (Å²) in [6.45, 7) is 5.71. The maximum Gasteiger partial charge on any atom is 0.328 e. The Labute approximate surface area is 152 Å². The number of carbonyl (C=O) groups is 2. The Kier molecular flexibility index (Phi) is 6.71. The number of aryl methyl sites for hydroxylation is 1. The highest BCUT2D eigenvalue weighted by Gasteiger charge is 2.27. The van der Waals surface area contributed by atoms with Gasteiger partial charge in [0.05, 0.1) is 18.8 Å². The lowest BCUT2D eigenvalue weighted by atomic mass is 10.0. The standard InChI is InChI=1S/C19H26FN3O3/c1-12(2)16(19(25)26-4)21-18(24)17-14-9-5-6-10-15(14)23(22-17)11-7-8-13(3)20/h5-6,9-10,12-13,16H,7-8,11H2,1-4H3,(H,21,24)/t13?,16-/m0/s1. The largest absolute Gasteiger partial charge is 0.467 e. The van der Waals surface area contributed by atoms with E-state index in [9.17, 15) is 14.0 Å². The molecular weight excluding hydrogens is 337 g/mol. The summed E-state index contributed by atoms with van der Waals surface area (Å²) in [5.74, 6) is -1.04. The quantitative estimate of drug-likeness (QED) is 0.732. The summed E-state index contributed by atoms with van der Waals surface area (Å²) in [4.78, 5) is 24.6. The van der Waals surface area contributed by atoms with Crippen LogP contribution in [-0.2, 0) is 16.1 Å². The lowest BCUT2D eigenvalue weighted by Crippen LogP contribution is -2.45. The number of amides is 1. The third kappa shape index (κ3) is 4.59. The first-order valence-corrected chi connectivity index (χ1v) is 8.83. The monoisotopic (exact) mass is 363 g/mol. The first-order valence-electron chi connectivity index (χ1n) is 8.83. The Morgan fingerprint density at radius 2 is 1.96 bits per heavy atom. The predicted octanol–water partition coefficient (Wildman–Crippen LogP) is 3.10. The minimum atomic E-state index is -0.869. The Morgan fingerprint density at radius 1 is 1.27 bits per heavy atom. The molecule has 0 radical (unpaired) electrons. The van der Waals surface area contributed by atoms with Gasteiger partial charge in [-0.1, -0.05) is 32.0 Å². The molecule has 0 aliphatic heterocycles. The van der Waals surface area contributed by atoms with Crippen molar-refractivity contribution in [2.24, 2.45) is 5.92 Å². The molecule has 2 rings (SSSR count). The Hall–Kier alpha value is -2.44. The second-order valence-corrected chi connectivity index (χ2v) is 6.73. The van der Waals surface area contributed by atoms with E-state index in [1.807, 2.05) is 38.1 Å². The number of hydrogen-bond acceptors (Lipinski definition) is 4. The van der Waals surface area contributed by atoms with Gasteiger partial charge in [-0.05, 0) is 31.7 Å². The van der Waals surface area contributed by atoms with E-state index >= 15 is 0 Å². The predicted molar refractivity (Wildman–Crippen MR) is 97.6 cm³/mol. The Balaban J connectivity index is 2.28. The molecule has 1 N–H and O–H groups in total. The highest BCUT2D eigenvalue weighted by atomic mass is 19.1. The molecule has 0 spiro atoms. The number of aromatic nitrogens is 2. The lowest BCUT2D eigenvalue weighted by molar-refractivity contribution is -0.144. The summed E-state index contributed by atoms with van der Waals surface area (Å²) in [6, 6.07) is 6.64. The molecule has 0 saturated carbocycles. The zero-order valence-electron chi connectivity index (χ0n) is 15.7. The van der Waals surface area contributed by atoms with Crippen LogP contribution in [0.25, 0.3) is 10.9 Å². The molecule has 0 fully saturated rings. The van der Waals surface area contributed by atoms with Gasteiger partial charge in [0.2, 0.25) is 0 Å². The number of benzene rings is 1. The maximum absolute atomic E-state index is 13.0. The van der Waals surface area contributed by atoms with E-state index in [1.165, 1.54) is 14.0 Å².